The molecule has 0 amide bonds. The standard InChI is InChI=1S/C11H19N/c1-3-5-10(12-2)11-8-6-4-7-9(8)11/h3,8-12H,1,4-7H2,2H3. The molecule has 1 nitrogen and oxygen atoms in total. The molecule has 0 spiro atoms. The van der Waals surface area contributed by atoms with Crippen LogP contribution in [0.3, 0.4) is 0 Å². The summed E-state index contributed by atoms with van der Waals surface area (Å²) >= 11 is 0. The number of rotatable bonds is 4. The topological polar surface area (TPSA) is 12.0 Å². The molecule has 0 radical (unpaired) electrons. The summed E-state index contributed by atoms with van der Waals surface area (Å²) in [5.74, 6) is 3.13. The van der Waals surface area contributed by atoms with Gasteiger partial charge in [-0.1, -0.05) is 12.5 Å². The summed E-state index contributed by atoms with van der Waals surface area (Å²) in [4.78, 5) is 0. The van der Waals surface area contributed by atoms with E-state index in [1.807, 2.05) is 0 Å². The van der Waals surface area contributed by atoms with Gasteiger partial charge in [0.2, 0.25) is 0 Å². The minimum Gasteiger partial charge on any atom is -0.316 e. The van der Waals surface area contributed by atoms with Crippen molar-refractivity contribution in [2.45, 2.75) is 31.7 Å². The van der Waals surface area contributed by atoms with Gasteiger partial charge in [0.25, 0.3) is 0 Å². The van der Waals surface area contributed by atoms with Crippen LogP contribution < -0.4 is 5.32 Å². The molecule has 0 heterocycles. The first kappa shape index (κ1) is 8.31. The van der Waals surface area contributed by atoms with E-state index in [2.05, 4.69) is 25.0 Å². The van der Waals surface area contributed by atoms with Crippen molar-refractivity contribution >= 4 is 0 Å². The number of fused-ring (bicyclic) bond motifs is 1. The molecule has 0 aliphatic heterocycles. The smallest absolute Gasteiger partial charge is 0.0132 e. The second kappa shape index (κ2) is 3.21. The van der Waals surface area contributed by atoms with E-state index in [0.717, 1.165) is 30.2 Å². The highest BCUT2D eigenvalue weighted by Gasteiger charge is 2.54. The third-order valence-electron chi connectivity index (χ3n) is 3.73. The van der Waals surface area contributed by atoms with Gasteiger partial charge in [-0.2, -0.15) is 0 Å². The van der Waals surface area contributed by atoms with Gasteiger partial charge >= 0.3 is 0 Å². The Hall–Kier alpha value is -0.300. The number of hydrogen-bond donors (Lipinski definition) is 1. The summed E-state index contributed by atoms with van der Waals surface area (Å²) in [6.45, 7) is 3.81. The van der Waals surface area contributed by atoms with Crippen LogP contribution >= 0.6 is 0 Å². The van der Waals surface area contributed by atoms with Crippen LogP contribution in [-0.2, 0) is 0 Å². The van der Waals surface area contributed by atoms with Gasteiger partial charge in [-0.15, -0.1) is 6.58 Å². The Morgan fingerprint density at radius 3 is 2.67 bits per heavy atom. The van der Waals surface area contributed by atoms with Crippen molar-refractivity contribution in [2.75, 3.05) is 7.05 Å². The van der Waals surface area contributed by atoms with Crippen molar-refractivity contribution in [1.29, 1.82) is 0 Å². The molecule has 2 saturated carbocycles. The maximum atomic E-state index is 3.81. The Morgan fingerprint density at radius 1 is 1.50 bits per heavy atom. The molecule has 0 bridgehead atoms. The highest BCUT2D eigenvalue weighted by Crippen LogP contribution is 2.59. The van der Waals surface area contributed by atoms with Crippen LogP contribution in [0.5, 0.6) is 0 Å². The normalized spacial score (nSPS) is 40.6. The summed E-state index contributed by atoms with van der Waals surface area (Å²) in [5.41, 5.74) is 0. The van der Waals surface area contributed by atoms with Gasteiger partial charge in [-0.25, -0.2) is 0 Å². The van der Waals surface area contributed by atoms with Gasteiger partial charge in [0.15, 0.2) is 0 Å². The van der Waals surface area contributed by atoms with Crippen molar-refractivity contribution in [3.63, 3.8) is 0 Å². The number of nitrogens with one attached hydrogen (secondary N) is 1. The summed E-state index contributed by atoms with van der Waals surface area (Å²) in [7, 11) is 2.09. The highest BCUT2D eigenvalue weighted by molar-refractivity contribution is 5.06. The van der Waals surface area contributed by atoms with E-state index >= 15 is 0 Å². The lowest BCUT2D eigenvalue weighted by atomic mass is 10.0. The molecule has 1 N–H and O–H groups in total. The molecule has 2 aliphatic rings. The Morgan fingerprint density at radius 2 is 2.17 bits per heavy atom. The van der Waals surface area contributed by atoms with Crippen molar-refractivity contribution in [3.8, 4) is 0 Å². The maximum Gasteiger partial charge on any atom is 0.0132 e. The predicted molar refractivity (Wildman–Crippen MR) is 52.0 cm³/mol. The predicted octanol–water partition coefficient (Wildman–Crippen LogP) is 2.20. The van der Waals surface area contributed by atoms with Gasteiger partial charge in [0, 0.05) is 6.04 Å². The molecule has 12 heavy (non-hydrogen) atoms. The van der Waals surface area contributed by atoms with E-state index in [0.29, 0.717) is 0 Å². The Kier molecular flexibility index (Phi) is 2.22. The van der Waals surface area contributed by atoms with E-state index in [9.17, 15) is 0 Å². The lowest BCUT2D eigenvalue weighted by Gasteiger charge is -2.15. The molecule has 1 heteroatoms. The van der Waals surface area contributed by atoms with Crippen LogP contribution in [0.4, 0.5) is 0 Å². The van der Waals surface area contributed by atoms with E-state index in [1.54, 1.807) is 0 Å². The quantitative estimate of drug-likeness (QED) is 0.630. The van der Waals surface area contributed by atoms with Crippen LogP contribution in [0.25, 0.3) is 0 Å². The zero-order chi connectivity index (χ0) is 8.55. The fraction of sp³-hybridized carbons (Fsp3) is 0.818. The van der Waals surface area contributed by atoms with E-state index in [-0.39, 0.29) is 0 Å². The van der Waals surface area contributed by atoms with Crippen LogP contribution in [0.2, 0.25) is 0 Å². The van der Waals surface area contributed by atoms with Gasteiger partial charge in [-0.05, 0) is 44.1 Å². The van der Waals surface area contributed by atoms with Gasteiger partial charge in [0.1, 0.15) is 0 Å². The zero-order valence-electron chi connectivity index (χ0n) is 7.92. The molecule has 2 rings (SSSR count). The molecule has 0 aromatic carbocycles. The fourth-order valence-corrected chi connectivity index (χ4v) is 3.12. The third kappa shape index (κ3) is 1.20. The molecular formula is C11H19N. The van der Waals surface area contributed by atoms with E-state index < -0.39 is 0 Å². The second-order valence-electron chi connectivity index (χ2n) is 4.26. The molecule has 0 aromatic rings. The van der Waals surface area contributed by atoms with Gasteiger partial charge in [-0.3, -0.25) is 0 Å². The molecule has 3 unspecified atom stereocenters. The average molecular weight is 165 g/mol. The van der Waals surface area contributed by atoms with Crippen LogP contribution in [-0.4, -0.2) is 13.1 Å². The average Bonchev–Trinajstić information content (AvgIpc) is 2.59. The SMILES string of the molecule is C=CCC(NC)C1C2CCCC21. The van der Waals surface area contributed by atoms with Crippen molar-refractivity contribution in [3.05, 3.63) is 12.7 Å². The molecule has 3 atom stereocenters. The molecule has 0 saturated heterocycles. The molecule has 68 valence electrons. The minimum atomic E-state index is 0.720. The Bertz CT molecular complexity index is 166. The summed E-state index contributed by atoms with van der Waals surface area (Å²) in [6, 6.07) is 0.720. The molecule has 0 aromatic heterocycles. The minimum absolute atomic E-state index is 0.720. The van der Waals surface area contributed by atoms with Crippen molar-refractivity contribution < 1.29 is 0 Å². The first-order valence-electron chi connectivity index (χ1n) is 5.16. The Labute approximate surface area is 75.2 Å². The monoisotopic (exact) mass is 165 g/mol. The zero-order valence-corrected chi connectivity index (χ0v) is 7.92. The van der Waals surface area contributed by atoms with Crippen LogP contribution in [0.1, 0.15) is 25.7 Å². The van der Waals surface area contributed by atoms with Gasteiger partial charge < -0.3 is 5.32 Å². The second-order valence-corrected chi connectivity index (χ2v) is 4.26. The summed E-state index contributed by atoms with van der Waals surface area (Å²) in [6.07, 6.45) is 7.66. The van der Waals surface area contributed by atoms with Crippen molar-refractivity contribution in [2.24, 2.45) is 17.8 Å². The lowest BCUT2D eigenvalue weighted by Crippen LogP contribution is -2.28. The lowest BCUT2D eigenvalue weighted by molar-refractivity contribution is 0.434. The summed E-state index contributed by atoms with van der Waals surface area (Å²) < 4.78 is 0. The van der Waals surface area contributed by atoms with Crippen LogP contribution in [0.15, 0.2) is 12.7 Å². The van der Waals surface area contributed by atoms with Gasteiger partial charge in [0.05, 0.1) is 0 Å². The molecular weight excluding hydrogens is 146 g/mol. The van der Waals surface area contributed by atoms with Crippen LogP contribution in [0, 0.1) is 17.8 Å². The number of hydrogen-bond acceptors (Lipinski definition) is 1. The van der Waals surface area contributed by atoms with E-state index in [1.165, 1.54) is 19.3 Å². The molecule has 2 fully saturated rings. The largest absolute Gasteiger partial charge is 0.316 e. The fourth-order valence-electron chi connectivity index (χ4n) is 3.12. The highest BCUT2D eigenvalue weighted by atomic mass is 14.9. The maximum absolute atomic E-state index is 3.81. The summed E-state index contributed by atoms with van der Waals surface area (Å²) in [5, 5.41) is 3.42. The third-order valence-corrected chi connectivity index (χ3v) is 3.73. The Balaban J connectivity index is 1.88. The first-order valence-corrected chi connectivity index (χ1v) is 5.16. The first-order chi connectivity index (χ1) is 5.88. The molecule has 2 aliphatic carbocycles. The van der Waals surface area contributed by atoms with Crippen molar-refractivity contribution in [1.82, 2.24) is 5.32 Å². The van der Waals surface area contributed by atoms with E-state index in [4.69, 9.17) is 0 Å².